The molecule has 6 aromatic carbocycles. The van der Waals surface area contributed by atoms with Gasteiger partial charge in [0.15, 0.2) is 0 Å². The Balaban J connectivity index is 1.21. The summed E-state index contributed by atoms with van der Waals surface area (Å²) < 4.78 is 7.46. The predicted molar refractivity (Wildman–Crippen MR) is 221 cm³/mol. The van der Waals surface area contributed by atoms with Crippen LogP contribution in [0.25, 0.3) is 96.2 Å². The number of thiophene rings is 2. The highest BCUT2D eigenvalue weighted by molar-refractivity contribution is 7.26. The Hall–Kier alpha value is -5.62. The standard InChI is InChI=1S/C47H29N3S2/c1-47(2)31-17-5-3-11-25(31)28-15-8-16-30(42(28)47)44-45-43(29-12-4-6-18-34(29)52-45)48-46(49-44)50-32-21-20-24-10-7-13-26-27-14-9-19-35-38(27)41-36(51-35)23-22-33(50)40(41)39(32)37(24)26/h3-6,8-9,11-23H,7,10H2,1-2H3. The third-order valence-corrected chi connectivity index (χ3v) is 14.5. The molecule has 52 heavy (non-hydrogen) atoms. The highest BCUT2D eigenvalue weighted by Gasteiger charge is 2.38. The fourth-order valence-electron chi connectivity index (χ4n) is 10.1. The lowest BCUT2D eigenvalue weighted by Gasteiger charge is -2.24. The van der Waals surface area contributed by atoms with Gasteiger partial charge >= 0.3 is 0 Å². The van der Waals surface area contributed by atoms with Crippen molar-refractivity contribution in [1.29, 1.82) is 0 Å². The highest BCUT2D eigenvalue weighted by atomic mass is 32.1. The Kier molecular flexibility index (Phi) is 5.08. The maximum Gasteiger partial charge on any atom is 0.235 e. The number of hydrogen-bond donors (Lipinski definition) is 0. The third kappa shape index (κ3) is 3.25. The van der Waals surface area contributed by atoms with Crippen LogP contribution in [-0.2, 0) is 11.8 Å². The molecule has 0 saturated carbocycles. The lowest BCUT2D eigenvalue weighted by atomic mass is 9.79. The van der Waals surface area contributed by atoms with Crippen LogP contribution in [0.15, 0.2) is 115 Å². The lowest BCUT2D eigenvalue weighted by Crippen LogP contribution is -2.16. The lowest BCUT2D eigenvalue weighted by molar-refractivity contribution is 0.662. The first-order valence-electron chi connectivity index (χ1n) is 18.1. The molecule has 0 fully saturated rings. The number of nitrogens with zero attached hydrogens (tertiary/aromatic N) is 3. The van der Waals surface area contributed by atoms with Crippen LogP contribution in [0, 0.1) is 0 Å². The molecular formula is C47H29N3S2. The maximum absolute atomic E-state index is 5.72. The predicted octanol–water partition coefficient (Wildman–Crippen LogP) is 13.0. The quantitative estimate of drug-likeness (QED) is 0.180. The maximum atomic E-state index is 5.72. The van der Waals surface area contributed by atoms with Gasteiger partial charge in [-0.1, -0.05) is 98.8 Å². The van der Waals surface area contributed by atoms with Crippen LogP contribution in [0.3, 0.4) is 0 Å². The van der Waals surface area contributed by atoms with E-state index in [-0.39, 0.29) is 5.41 Å². The van der Waals surface area contributed by atoms with E-state index in [9.17, 15) is 0 Å². The van der Waals surface area contributed by atoms with Crippen LogP contribution in [0.2, 0.25) is 0 Å². The molecule has 0 atom stereocenters. The Morgan fingerprint density at radius 1 is 0.615 bits per heavy atom. The summed E-state index contributed by atoms with van der Waals surface area (Å²) in [5.41, 5.74) is 16.4. The summed E-state index contributed by atoms with van der Waals surface area (Å²) in [7, 11) is 0. The summed E-state index contributed by atoms with van der Waals surface area (Å²) in [6.07, 6.45) is 4.61. The molecule has 4 heterocycles. The van der Waals surface area contributed by atoms with Crippen molar-refractivity contribution in [2.45, 2.75) is 32.1 Å². The van der Waals surface area contributed by atoms with Gasteiger partial charge in [-0.3, -0.25) is 4.57 Å². The van der Waals surface area contributed by atoms with Gasteiger partial charge in [0.25, 0.3) is 0 Å². The second-order valence-electron chi connectivity index (χ2n) is 15.1. The molecule has 3 nitrogen and oxygen atoms in total. The van der Waals surface area contributed by atoms with Crippen LogP contribution < -0.4 is 0 Å². The van der Waals surface area contributed by atoms with Gasteiger partial charge in [-0.05, 0) is 87.7 Å². The average Bonchev–Trinajstić information content (AvgIpc) is 3.88. The van der Waals surface area contributed by atoms with Gasteiger partial charge in [-0.25, -0.2) is 9.97 Å². The molecule has 13 rings (SSSR count). The fourth-order valence-corrected chi connectivity index (χ4v) is 12.4. The van der Waals surface area contributed by atoms with E-state index in [1.54, 1.807) is 0 Å². The second-order valence-corrected chi connectivity index (χ2v) is 17.3. The molecule has 0 bridgehead atoms. The highest BCUT2D eigenvalue weighted by Crippen LogP contribution is 2.55. The van der Waals surface area contributed by atoms with Crippen molar-refractivity contribution in [2.24, 2.45) is 0 Å². The number of benzene rings is 6. The number of aryl methyl sites for hydroxylation is 1. The van der Waals surface area contributed by atoms with Crippen molar-refractivity contribution >= 4 is 90.5 Å². The molecule has 0 saturated heterocycles. The summed E-state index contributed by atoms with van der Waals surface area (Å²) in [5.74, 6) is 0.734. The number of aromatic nitrogens is 3. The van der Waals surface area contributed by atoms with E-state index >= 15 is 0 Å². The van der Waals surface area contributed by atoms with Crippen molar-refractivity contribution in [2.75, 3.05) is 0 Å². The van der Waals surface area contributed by atoms with E-state index in [0.29, 0.717) is 0 Å². The number of rotatable bonds is 2. The molecule has 3 aliphatic carbocycles. The van der Waals surface area contributed by atoms with Gasteiger partial charge in [0.2, 0.25) is 5.95 Å². The minimum atomic E-state index is -0.175. The van der Waals surface area contributed by atoms with Gasteiger partial charge in [-0.2, -0.15) is 0 Å². The van der Waals surface area contributed by atoms with Crippen LogP contribution >= 0.6 is 22.7 Å². The van der Waals surface area contributed by atoms with Gasteiger partial charge in [0.05, 0.1) is 26.9 Å². The first kappa shape index (κ1) is 28.0. The number of hydrogen-bond acceptors (Lipinski definition) is 4. The van der Waals surface area contributed by atoms with Crippen molar-refractivity contribution in [3.05, 3.63) is 143 Å². The molecule has 0 unspecified atom stereocenters. The van der Waals surface area contributed by atoms with Crippen molar-refractivity contribution in [3.63, 3.8) is 0 Å². The van der Waals surface area contributed by atoms with Crippen LogP contribution in [-0.4, -0.2) is 14.5 Å². The summed E-state index contributed by atoms with van der Waals surface area (Å²) in [5, 5.41) is 6.64. The van der Waals surface area contributed by atoms with Gasteiger partial charge in [-0.15, -0.1) is 22.7 Å². The molecule has 0 radical (unpaired) electrons. The number of fused-ring (bicyclic) bond motifs is 7. The molecule has 4 aromatic heterocycles. The van der Waals surface area contributed by atoms with Gasteiger partial charge in [0, 0.05) is 52.0 Å². The minimum absolute atomic E-state index is 0.175. The van der Waals surface area contributed by atoms with Crippen molar-refractivity contribution < 1.29 is 0 Å². The van der Waals surface area contributed by atoms with Gasteiger partial charge in [0.1, 0.15) is 0 Å². The molecule has 0 spiro atoms. The van der Waals surface area contributed by atoms with E-state index < -0.39 is 0 Å². The Morgan fingerprint density at radius 3 is 2.33 bits per heavy atom. The van der Waals surface area contributed by atoms with Gasteiger partial charge < -0.3 is 0 Å². The van der Waals surface area contributed by atoms with Crippen molar-refractivity contribution in [3.8, 4) is 28.3 Å². The van der Waals surface area contributed by atoms with E-state index in [0.717, 1.165) is 34.7 Å². The molecule has 0 amide bonds. The molecule has 244 valence electrons. The van der Waals surface area contributed by atoms with E-state index in [1.165, 1.54) is 102 Å². The van der Waals surface area contributed by atoms with E-state index in [2.05, 4.69) is 134 Å². The van der Waals surface area contributed by atoms with Crippen LogP contribution in [0.1, 0.15) is 48.1 Å². The van der Waals surface area contributed by atoms with E-state index in [4.69, 9.17) is 9.97 Å². The molecule has 10 aromatic rings. The van der Waals surface area contributed by atoms with Crippen LogP contribution in [0.5, 0.6) is 0 Å². The second kappa shape index (κ2) is 9.43. The van der Waals surface area contributed by atoms with E-state index in [1.807, 2.05) is 22.7 Å². The summed E-state index contributed by atoms with van der Waals surface area (Å²) in [6, 6.07) is 40.7. The van der Waals surface area contributed by atoms with Crippen LogP contribution in [0.4, 0.5) is 0 Å². The molecular weight excluding hydrogens is 671 g/mol. The third-order valence-electron chi connectivity index (χ3n) is 12.2. The monoisotopic (exact) mass is 699 g/mol. The molecule has 0 N–H and O–H groups in total. The largest absolute Gasteiger partial charge is 0.278 e. The zero-order valence-electron chi connectivity index (χ0n) is 28.5. The zero-order chi connectivity index (χ0) is 34.0. The number of allylic oxidation sites excluding steroid dienone is 1. The first-order valence-corrected chi connectivity index (χ1v) is 19.8. The smallest absolute Gasteiger partial charge is 0.235 e. The van der Waals surface area contributed by atoms with Crippen molar-refractivity contribution in [1.82, 2.24) is 14.5 Å². The molecule has 3 aliphatic rings. The summed E-state index contributed by atoms with van der Waals surface area (Å²) >= 11 is 3.72. The minimum Gasteiger partial charge on any atom is -0.278 e. The zero-order valence-corrected chi connectivity index (χ0v) is 30.2. The Morgan fingerprint density at radius 2 is 1.37 bits per heavy atom. The average molecular weight is 700 g/mol. The first-order chi connectivity index (χ1) is 25.6. The summed E-state index contributed by atoms with van der Waals surface area (Å²) in [4.78, 5) is 11.3. The summed E-state index contributed by atoms with van der Waals surface area (Å²) in [6.45, 7) is 4.74. The Labute approximate surface area is 307 Å². The Bertz CT molecular complexity index is 3330. The SMILES string of the molecule is CC1(C)c2ccccc2-c2cccc(-c3nc(-n4c5ccc6c7c5c5c8c(ccc54)sc4cccc(c48)C7=CCC6)nc4c3sc3ccccc34)c21. The normalized spacial score (nSPS) is 15.2. The fraction of sp³-hybridized carbons (Fsp3) is 0.106. The topological polar surface area (TPSA) is 30.7 Å². The molecule has 5 heteroatoms. The molecule has 0 aliphatic heterocycles.